The molecule has 3 rings (SSSR count). The molecule has 19 heavy (non-hydrogen) atoms. The number of rotatable bonds is 2. The van der Waals surface area contributed by atoms with Gasteiger partial charge < -0.3 is 5.11 Å². The van der Waals surface area contributed by atoms with E-state index in [0.717, 1.165) is 22.2 Å². The molecule has 0 aliphatic heterocycles. The molecular formula is C15H10F2OS. The van der Waals surface area contributed by atoms with Crippen LogP contribution in [0.2, 0.25) is 0 Å². The van der Waals surface area contributed by atoms with Gasteiger partial charge in [-0.3, -0.25) is 0 Å². The molecule has 3 aromatic rings. The molecule has 0 fully saturated rings. The highest BCUT2D eigenvalue weighted by atomic mass is 32.1. The maximum absolute atomic E-state index is 13.2. The zero-order valence-electron chi connectivity index (χ0n) is 9.81. The van der Waals surface area contributed by atoms with E-state index in [1.807, 2.05) is 29.6 Å². The van der Waals surface area contributed by atoms with Gasteiger partial charge in [0.05, 0.1) is 0 Å². The van der Waals surface area contributed by atoms with Gasteiger partial charge in [-0.25, -0.2) is 8.78 Å². The quantitative estimate of drug-likeness (QED) is 0.741. The first-order chi connectivity index (χ1) is 9.16. The van der Waals surface area contributed by atoms with Crippen LogP contribution in [-0.4, -0.2) is 5.11 Å². The summed E-state index contributed by atoms with van der Waals surface area (Å²) < 4.78 is 27.2. The highest BCUT2D eigenvalue weighted by molar-refractivity contribution is 7.17. The van der Waals surface area contributed by atoms with Gasteiger partial charge in [-0.1, -0.05) is 24.3 Å². The predicted molar refractivity (Wildman–Crippen MR) is 72.2 cm³/mol. The average Bonchev–Trinajstić information content (AvgIpc) is 2.85. The molecule has 1 unspecified atom stereocenters. The van der Waals surface area contributed by atoms with Crippen LogP contribution < -0.4 is 0 Å². The molecule has 1 heterocycles. The minimum atomic E-state index is -0.953. The number of aliphatic hydroxyl groups is 1. The monoisotopic (exact) mass is 276 g/mol. The first-order valence-corrected chi connectivity index (χ1v) is 6.64. The largest absolute Gasteiger partial charge is 0.384 e. The summed E-state index contributed by atoms with van der Waals surface area (Å²) in [6.45, 7) is 0. The van der Waals surface area contributed by atoms with Crippen molar-refractivity contribution in [2.24, 2.45) is 0 Å². The Morgan fingerprint density at radius 2 is 1.79 bits per heavy atom. The van der Waals surface area contributed by atoms with Crippen LogP contribution in [0.15, 0.2) is 47.8 Å². The van der Waals surface area contributed by atoms with E-state index in [0.29, 0.717) is 11.1 Å². The summed E-state index contributed by atoms with van der Waals surface area (Å²) >= 11 is 1.52. The Hall–Kier alpha value is -1.78. The number of hydrogen-bond donors (Lipinski definition) is 1. The Balaban J connectivity index is 2.08. The van der Waals surface area contributed by atoms with Crippen LogP contribution in [0.3, 0.4) is 0 Å². The van der Waals surface area contributed by atoms with E-state index in [-0.39, 0.29) is 0 Å². The van der Waals surface area contributed by atoms with Crippen LogP contribution in [0.25, 0.3) is 10.1 Å². The van der Waals surface area contributed by atoms with Gasteiger partial charge in [0.2, 0.25) is 0 Å². The molecule has 1 nitrogen and oxygen atoms in total. The van der Waals surface area contributed by atoms with Gasteiger partial charge in [0, 0.05) is 10.3 Å². The minimum absolute atomic E-state index is 0.349. The van der Waals surface area contributed by atoms with Crippen LogP contribution in [0.1, 0.15) is 17.2 Å². The van der Waals surface area contributed by atoms with E-state index in [1.54, 1.807) is 0 Å². The minimum Gasteiger partial charge on any atom is -0.384 e. The fourth-order valence-corrected chi connectivity index (χ4v) is 3.05. The number of hydrogen-bond acceptors (Lipinski definition) is 2. The smallest absolute Gasteiger partial charge is 0.159 e. The third kappa shape index (κ3) is 2.13. The van der Waals surface area contributed by atoms with E-state index >= 15 is 0 Å². The fourth-order valence-electron chi connectivity index (χ4n) is 2.07. The third-order valence-corrected chi connectivity index (χ3v) is 4.05. The van der Waals surface area contributed by atoms with Gasteiger partial charge in [0.15, 0.2) is 11.6 Å². The number of benzene rings is 2. The molecule has 1 aromatic heterocycles. The van der Waals surface area contributed by atoms with Crippen molar-refractivity contribution in [1.29, 1.82) is 0 Å². The van der Waals surface area contributed by atoms with E-state index in [4.69, 9.17) is 0 Å². The summed E-state index contributed by atoms with van der Waals surface area (Å²) in [6.07, 6.45) is -0.953. The number of halogens is 2. The lowest BCUT2D eigenvalue weighted by atomic mass is 10.0. The Morgan fingerprint density at radius 3 is 2.58 bits per heavy atom. The van der Waals surface area contributed by atoms with Crippen molar-refractivity contribution in [2.45, 2.75) is 6.10 Å². The summed E-state index contributed by atoms with van der Waals surface area (Å²) in [4.78, 5) is 0. The van der Waals surface area contributed by atoms with E-state index in [9.17, 15) is 13.9 Å². The van der Waals surface area contributed by atoms with Gasteiger partial charge in [0.25, 0.3) is 0 Å². The lowest BCUT2D eigenvalue weighted by Gasteiger charge is -2.10. The second kappa shape index (κ2) is 4.72. The summed E-state index contributed by atoms with van der Waals surface area (Å²) in [5.41, 5.74) is 1.06. The molecule has 4 heteroatoms. The molecular weight excluding hydrogens is 266 g/mol. The van der Waals surface area contributed by atoms with Crippen molar-refractivity contribution in [3.8, 4) is 0 Å². The number of aliphatic hydroxyl groups excluding tert-OH is 1. The van der Waals surface area contributed by atoms with Crippen LogP contribution in [0, 0.1) is 11.6 Å². The molecule has 0 radical (unpaired) electrons. The van der Waals surface area contributed by atoms with Crippen molar-refractivity contribution in [1.82, 2.24) is 0 Å². The second-order valence-electron chi connectivity index (χ2n) is 4.26. The van der Waals surface area contributed by atoms with Crippen LogP contribution >= 0.6 is 11.3 Å². The highest BCUT2D eigenvalue weighted by Gasteiger charge is 2.16. The molecule has 0 saturated heterocycles. The van der Waals surface area contributed by atoms with Gasteiger partial charge in [-0.05, 0) is 34.5 Å². The Kier molecular flexibility index (Phi) is 3.05. The highest BCUT2D eigenvalue weighted by Crippen LogP contribution is 2.33. The van der Waals surface area contributed by atoms with Gasteiger partial charge in [-0.15, -0.1) is 11.3 Å². The van der Waals surface area contributed by atoms with Crippen LogP contribution in [0.5, 0.6) is 0 Å². The average molecular weight is 276 g/mol. The van der Waals surface area contributed by atoms with Crippen molar-refractivity contribution in [3.63, 3.8) is 0 Å². The van der Waals surface area contributed by atoms with Crippen molar-refractivity contribution < 1.29 is 13.9 Å². The molecule has 0 aliphatic rings. The summed E-state index contributed by atoms with van der Waals surface area (Å²) in [6, 6.07) is 11.1. The molecule has 0 aliphatic carbocycles. The Bertz CT molecular complexity index is 736. The van der Waals surface area contributed by atoms with Crippen molar-refractivity contribution in [3.05, 3.63) is 70.6 Å². The molecule has 1 atom stereocenters. The lowest BCUT2D eigenvalue weighted by molar-refractivity contribution is 0.221. The molecule has 96 valence electrons. The van der Waals surface area contributed by atoms with Crippen molar-refractivity contribution in [2.75, 3.05) is 0 Å². The Labute approximate surface area is 112 Å². The van der Waals surface area contributed by atoms with E-state index in [2.05, 4.69) is 0 Å². The van der Waals surface area contributed by atoms with E-state index in [1.165, 1.54) is 17.4 Å². The topological polar surface area (TPSA) is 20.2 Å². The van der Waals surface area contributed by atoms with Gasteiger partial charge in [0.1, 0.15) is 6.10 Å². The zero-order chi connectivity index (χ0) is 13.4. The Morgan fingerprint density at radius 1 is 1.00 bits per heavy atom. The molecule has 2 aromatic carbocycles. The maximum atomic E-state index is 13.2. The second-order valence-corrected chi connectivity index (χ2v) is 5.17. The summed E-state index contributed by atoms with van der Waals surface area (Å²) in [5, 5.41) is 13.1. The molecule has 0 amide bonds. The molecule has 1 N–H and O–H groups in total. The van der Waals surface area contributed by atoms with Crippen molar-refractivity contribution >= 4 is 21.4 Å². The summed E-state index contributed by atoms with van der Waals surface area (Å²) in [7, 11) is 0. The molecule has 0 bridgehead atoms. The molecule has 0 saturated carbocycles. The first-order valence-electron chi connectivity index (χ1n) is 5.76. The fraction of sp³-hybridized carbons (Fsp3) is 0.0667. The SMILES string of the molecule is OC(c1ccc(F)c(F)c1)c1csc2ccccc12. The van der Waals surface area contributed by atoms with E-state index < -0.39 is 17.7 Å². The zero-order valence-corrected chi connectivity index (χ0v) is 10.6. The van der Waals surface area contributed by atoms with Crippen LogP contribution in [-0.2, 0) is 0 Å². The number of thiophene rings is 1. The molecule has 0 spiro atoms. The normalized spacial score (nSPS) is 12.8. The lowest BCUT2D eigenvalue weighted by Crippen LogP contribution is -2.00. The van der Waals surface area contributed by atoms with Gasteiger partial charge >= 0.3 is 0 Å². The first kappa shape index (κ1) is 12.3. The predicted octanol–water partition coefficient (Wildman–Crippen LogP) is 4.26. The number of fused-ring (bicyclic) bond motifs is 1. The third-order valence-electron chi connectivity index (χ3n) is 3.06. The van der Waals surface area contributed by atoms with Gasteiger partial charge in [-0.2, -0.15) is 0 Å². The van der Waals surface area contributed by atoms with Crippen LogP contribution in [0.4, 0.5) is 8.78 Å². The summed E-state index contributed by atoms with van der Waals surface area (Å²) in [5.74, 6) is -1.86. The standard InChI is InChI=1S/C15H10F2OS/c16-12-6-5-9(7-13(12)17)15(18)11-8-19-14-4-2-1-3-10(11)14/h1-8,15,18H. The maximum Gasteiger partial charge on any atom is 0.159 e.